The van der Waals surface area contributed by atoms with Crippen molar-refractivity contribution in [2.75, 3.05) is 0 Å². The number of amides is 1. The van der Waals surface area contributed by atoms with E-state index in [0.717, 1.165) is 11.1 Å². The number of aryl methyl sites for hydroxylation is 1. The third kappa shape index (κ3) is 3.42. The van der Waals surface area contributed by atoms with Crippen LogP contribution in [0.15, 0.2) is 18.7 Å². The first-order chi connectivity index (χ1) is 8.11. The highest BCUT2D eigenvalue weighted by Crippen LogP contribution is 2.21. The quantitative estimate of drug-likeness (QED) is 0.850. The lowest BCUT2D eigenvalue weighted by molar-refractivity contribution is 0.0915. The van der Waals surface area contributed by atoms with Crippen LogP contribution in [0.2, 0.25) is 0 Å². The molecule has 1 aromatic carbocycles. The SMILES string of the molecule is C=C(C)c1cc(C)c(C(=O)NC(C)(C)C)c(F)c1. The molecule has 0 atom stereocenters. The smallest absolute Gasteiger partial charge is 0.254 e. The fraction of sp³-hybridized carbons (Fsp3) is 0.400. The third-order valence-corrected chi connectivity index (χ3v) is 2.50. The van der Waals surface area contributed by atoms with Crippen molar-refractivity contribution in [3.8, 4) is 0 Å². The summed E-state index contributed by atoms with van der Waals surface area (Å²) >= 11 is 0. The third-order valence-electron chi connectivity index (χ3n) is 2.50. The summed E-state index contributed by atoms with van der Waals surface area (Å²) in [5.74, 6) is -0.888. The van der Waals surface area contributed by atoms with Crippen LogP contribution in [-0.4, -0.2) is 11.4 Å². The molecule has 18 heavy (non-hydrogen) atoms. The zero-order chi connectivity index (χ0) is 14.1. The molecule has 1 amide bonds. The molecule has 1 N–H and O–H groups in total. The van der Waals surface area contributed by atoms with E-state index >= 15 is 0 Å². The van der Waals surface area contributed by atoms with Gasteiger partial charge in [-0.2, -0.15) is 0 Å². The van der Waals surface area contributed by atoms with E-state index in [2.05, 4.69) is 11.9 Å². The molecule has 0 unspecified atom stereocenters. The summed E-state index contributed by atoms with van der Waals surface area (Å²) in [6.45, 7) is 12.9. The lowest BCUT2D eigenvalue weighted by Gasteiger charge is -2.21. The first-order valence-corrected chi connectivity index (χ1v) is 5.90. The van der Waals surface area contributed by atoms with Crippen molar-refractivity contribution in [3.63, 3.8) is 0 Å². The van der Waals surface area contributed by atoms with E-state index in [0.29, 0.717) is 5.56 Å². The molecule has 0 radical (unpaired) electrons. The van der Waals surface area contributed by atoms with Crippen LogP contribution < -0.4 is 5.32 Å². The highest BCUT2D eigenvalue weighted by molar-refractivity contribution is 5.96. The van der Waals surface area contributed by atoms with Gasteiger partial charge in [0.1, 0.15) is 5.82 Å². The molecule has 0 aromatic heterocycles. The van der Waals surface area contributed by atoms with Crippen LogP contribution in [0.3, 0.4) is 0 Å². The van der Waals surface area contributed by atoms with Crippen molar-refractivity contribution >= 4 is 11.5 Å². The van der Waals surface area contributed by atoms with Gasteiger partial charge < -0.3 is 5.32 Å². The highest BCUT2D eigenvalue weighted by atomic mass is 19.1. The summed E-state index contributed by atoms with van der Waals surface area (Å²) in [7, 11) is 0. The Morgan fingerprint density at radius 3 is 2.28 bits per heavy atom. The lowest BCUT2D eigenvalue weighted by atomic mass is 9.99. The van der Waals surface area contributed by atoms with Crippen LogP contribution in [0.5, 0.6) is 0 Å². The maximum Gasteiger partial charge on any atom is 0.254 e. The molecule has 0 fully saturated rings. The number of carbonyl (C=O) groups is 1. The predicted octanol–water partition coefficient (Wildman–Crippen LogP) is 3.70. The van der Waals surface area contributed by atoms with Crippen LogP contribution in [0, 0.1) is 12.7 Å². The van der Waals surface area contributed by atoms with E-state index in [4.69, 9.17) is 0 Å². The van der Waals surface area contributed by atoms with Gasteiger partial charge in [0.05, 0.1) is 5.56 Å². The van der Waals surface area contributed by atoms with Crippen LogP contribution >= 0.6 is 0 Å². The summed E-state index contributed by atoms with van der Waals surface area (Å²) in [4.78, 5) is 12.0. The van der Waals surface area contributed by atoms with Crippen molar-refractivity contribution in [2.24, 2.45) is 0 Å². The van der Waals surface area contributed by atoms with Crippen LogP contribution in [0.25, 0.3) is 5.57 Å². The highest BCUT2D eigenvalue weighted by Gasteiger charge is 2.20. The van der Waals surface area contributed by atoms with Crippen LogP contribution in [0.4, 0.5) is 4.39 Å². The number of benzene rings is 1. The number of allylic oxidation sites excluding steroid dienone is 1. The topological polar surface area (TPSA) is 29.1 Å². The summed E-state index contributed by atoms with van der Waals surface area (Å²) in [5, 5.41) is 2.76. The molecular formula is C15H20FNO. The zero-order valence-corrected chi connectivity index (χ0v) is 11.6. The molecule has 3 heteroatoms. The molecule has 0 saturated heterocycles. The number of hydrogen-bond acceptors (Lipinski definition) is 1. The van der Waals surface area contributed by atoms with Crippen molar-refractivity contribution in [2.45, 2.75) is 40.2 Å². The Balaban J connectivity index is 3.19. The first kappa shape index (κ1) is 14.4. The average Bonchev–Trinajstić information content (AvgIpc) is 2.12. The van der Waals surface area contributed by atoms with Gasteiger partial charge in [-0.25, -0.2) is 4.39 Å². The van der Waals surface area contributed by atoms with Gasteiger partial charge in [0.15, 0.2) is 0 Å². The minimum atomic E-state index is -0.505. The van der Waals surface area contributed by atoms with Gasteiger partial charge in [0.25, 0.3) is 5.91 Å². The Morgan fingerprint density at radius 1 is 1.33 bits per heavy atom. The Hall–Kier alpha value is -1.64. The van der Waals surface area contributed by atoms with Gasteiger partial charge in [-0.1, -0.05) is 18.2 Å². The summed E-state index contributed by atoms with van der Waals surface area (Å²) in [5.41, 5.74) is 1.84. The van der Waals surface area contributed by atoms with Gasteiger partial charge in [-0.05, 0) is 51.8 Å². The monoisotopic (exact) mass is 249 g/mol. The first-order valence-electron chi connectivity index (χ1n) is 5.90. The van der Waals surface area contributed by atoms with E-state index in [9.17, 15) is 9.18 Å². The molecule has 1 rings (SSSR count). The number of hydrogen-bond donors (Lipinski definition) is 1. The Bertz CT molecular complexity index is 475. The van der Waals surface area contributed by atoms with Gasteiger partial charge in [-0.15, -0.1) is 0 Å². The Kier molecular flexibility index (Phi) is 3.95. The van der Waals surface area contributed by atoms with Crippen molar-refractivity contribution < 1.29 is 9.18 Å². The second-order valence-corrected chi connectivity index (χ2v) is 5.63. The van der Waals surface area contributed by atoms with Crippen molar-refractivity contribution in [3.05, 3.63) is 41.2 Å². The second-order valence-electron chi connectivity index (χ2n) is 5.63. The summed E-state index contributed by atoms with van der Waals surface area (Å²) in [6.07, 6.45) is 0. The molecule has 0 aliphatic carbocycles. The molecular weight excluding hydrogens is 229 g/mol. The van der Waals surface area contributed by atoms with Crippen LogP contribution in [0.1, 0.15) is 49.2 Å². The zero-order valence-electron chi connectivity index (χ0n) is 11.6. The molecule has 98 valence electrons. The molecule has 0 spiro atoms. The fourth-order valence-corrected chi connectivity index (χ4v) is 1.68. The van der Waals surface area contributed by atoms with E-state index in [1.165, 1.54) is 6.07 Å². The second kappa shape index (κ2) is 4.92. The van der Waals surface area contributed by atoms with Gasteiger partial charge in [0, 0.05) is 5.54 Å². The van der Waals surface area contributed by atoms with Gasteiger partial charge in [0.2, 0.25) is 0 Å². The number of rotatable bonds is 2. The predicted molar refractivity (Wildman–Crippen MR) is 73.1 cm³/mol. The maximum absolute atomic E-state index is 14.0. The molecule has 0 bridgehead atoms. The van der Waals surface area contributed by atoms with E-state index in [1.54, 1.807) is 13.0 Å². The fourth-order valence-electron chi connectivity index (χ4n) is 1.68. The largest absolute Gasteiger partial charge is 0.347 e. The molecule has 0 heterocycles. The maximum atomic E-state index is 14.0. The molecule has 0 aliphatic heterocycles. The minimum Gasteiger partial charge on any atom is -0.347 e. The normalized spacial score (nSPS) is 11.2. The Labute approximate surface area is 108 Å². The van der Waals surface area contributed by atoms with Gasteiger partial charge in [-0.3, -0.25) is 4.79 Å². The molecule has 2 nitrogen and oxygen atoms in total. The number of halogens is 1. The summed E-state index contributed by atoms with van der Waals surface area (Å²) < 4.78 is 14.0. The van der Waals surface area contributed by atoms with E-state index in [-0.39, 0.29) is 17.0 Å². The summed E-state index contributed by atoms with van der Waals surface area (Å²) in [6, 6.07) is 3.13. The van der Waals surface area contributed by atoms with Crippen LogP contribution in [-0.2, 0) is 0 Å². The lowest BCUT2D eigenvalue weighted by Crippen LogP contribution is -2.41. The molecule has 1 aromatic rings. The number of carbonyl (C=O) groups excluding carboxylic acids is 1. The van der Waals surface area contributed by atoms with Crippen molar-refractivity contribution in [1.82, 2.24) is 5.32 Å². The Morgan fingerprint density at radius 2 is 1.89 bits per heavy atom. The van der Waals surface area contributed by atoms with Gasteiger partial charge >= 0.3 is 0 Å². The van der Waals surface area contributed by atoms with E-state index < -0.39 is 5.82 Å². The van der Waals surface area contributed by atoms with Crippen molar-refractivity contribution in [1.29, 1.82) is 0 Å². The standard InChI is InChI=1S/C15H20FNO/c1-9(2)11-7-10(3)13(12(16)8-11)14(18)17-15(4,5)6/h7-8H,1H2,2-6H3,(H,17,18). The number of nitrogens with one attached hydrogen (secondary N) is 1. The molecule has 0 saturated carbocycles. The minimum absolute atomic E-state index is 0.106. The average molecular weight is 249 g/mol. The van der Waals surface area contributed by atoms with E-state index in [1.807, 2.05) is 27.7 Å². The molecule has 0 aliphatic rings.